The average molecular weight is 429 g/mol. The fourth-order valence-electron chi connectivity index (χ4n) is 3.69. The molecule has 0 saturated carbocycles. The molecule has 4 nitrogen and oxygen atoms in total. The second kappa shape index (κ2) is 9.65. The zero-order valence-electron chi connectivity index (χ0n) is 14.9. The highest BCUT2D eigenvalue weighted by Gasteiger charge is 2.29. The molecule has 0 spiro atoms. The summed E-state index contributed by atoms with van der Waals surface area (Å²) in [7, 11) is 0. The molecule has 0 aromatic heterocycles. The Hall–Kier alpha value is -1.46. The van der Waals surface area contributed by atoms with Crippen molar-refractivity contribution in [3.8, 4) is 0 Å². The topological polar surface area (TPSA) is 35.6 Å². The summed E-state index contributed by atoms with van der Waals surface area (Å²) in [5, 5.41) is 4.15. The zero-order chi connectivity index (χ0) is 17.2. The van der Waals surface area contributed by atoms with Gasteiger partial charge in [0.15, 0.2) is 0 Å². The van der Waals surface area contributed by atoms with E-state index >= 15 is 0 Å². The number of nitrogens with zero attached hydrogens (tertiary/aromatic N) is 2. The van der Waals surface area contributed by atoms with Gasteiger partial charge < -0.3 is 15.1 Å². The van der Waals surface area contributed by atoms with Gasteiger partial charge in [-0.15, -0.1) is 24.8 Å². The third-order valence-electron chi connectivity index (χ3n) is 5.16. The van der Waals surface area contributed by atoms with Crippen molar-refractivity contribution >= 4 is 48.0 Å². The maximum atomic E-state index is 12.9. The minimum Gasteiger partial charge on any atom is -0.368 e. The Labute approximate surface area is 177 Å². The molecule has 1 saturated heterocycles. The van der Waals surface area contributed by atoms with Crippen molar-refractivity contribution in [3.05, 3.63) is 64.7 Å². The number of nitrogens with one attached hydrogen (secondary N) is 1. The van der Waals surface area contributed by atoms with Crippen LogP contribution in [0.2, 0.25) is 5.02 Å². The van der Waals surface area contributed by atoms with Gasteiger partial charge in [0.05, 0.1) is 6.04 Å². The van der Waals surface area contributed by atoms with E-state index in [4.69, 9.17) is 11.6 Å². The molecule has 0 bridgehead atoms. The molecule has 2 aromatic rings. The number of rotatable bonds is 2. The smallest absolute Gasteiger partial charge is 0.240 e. The average Bonchev–Trinajstić information content (AvgIpc) is 2.68. The van der Waals surface area contributed by atoms with Crippen molar-refractivity contribution < 1.29 is 4.79 Å². The molecule has 4 rings (SSSR count). The van der Waals surface area contributed by atoms with E-state index in [1.807, 2.05) is 29.2 Å². The van der Waals surface area contributed by atoms with Crippen molar-refractivity contribution in [3.63, 3.8) is 0 Å². The van der Waals surface area contributed by atoms with E-state index in [1.54, 1.807) is 0 Å². The maximum Gasteiger partial charge on any atom is 0.240 e. The number of fused-ring (bicyclic) bond motifs is 1. The minimum absolute atomic E-state index is 0. The summed E-state index contributed by atoms with van der Waals surface area (Å²) in [6.45, 7) is 4.02. The maximum absolute atomic E-state index is 12.9. The molecular weight excluding hydrogens is 405 g/mol. The van der Waals surface area contributed by atoms with Gasteiger partial charge in [-0.05, 0) is 41.8 Å². The van der Waals surface area contributed by atoms with Crippen molar-refractivity contribution in [2.24, 2.45) is 0 Å². The normalized spacial score (nSPS) is 18.8. The number of benzene rings is 2. The quantitative estimate of drug-likeness (QED) is 0.794. The highest BCUT2D eigenvalue weighted by Crippen LogP contribution is 2.21. The van der Waals surface area contributed by atoms with Crippen molar-refractivity contribution in [1.82, 2.24) is 10.2 Å². The Morgan fingerprint density at radius 2 is 1.56 bits per heavy atom. The Kier molecular flexibility index (Phi) is 7.80. The van der Waals surface area contributed by atoms with Crippen LogP contribution in [-0.4, -0.2) is 43.0 Å². The Morgan fingerprint density at radius 1 is 0.926 bits per heavy atom. The van der Waals surface area contributed by atoms with Crippen molar-refractivity contribution in [2.75, 3.05) is 31.1 Å². The van der Waals surface area contributed by atoms with Gasteiger partial charge in [0.2, 0.25) is 5.91 Å². The Balaban J connectivity index is 0.00000131. The lowest BCUT2D eigenvalue weighted by atomic mass is 9.95. The first kappa shape index (κ1) is 21.8. The van der Waals surface area contributed by atoms with Crippen LogP contribution in [0.3, 0.4) is 0 Å². The van der Waals surface area contributed by atoms with Crippen LogP contribution in [0.5, 0.6) is 0 Å². The van der Waals surface area contributed by atoms with Gasteiger partial charge in [-0.25, -0.2) is 0 Å². The molecule has 27 heavy (non-hydrogen) atoms. The molecule has 2 heterocycles. The molecule has 2 aliphatic heterocycles. The molecule has 7 heteroatoms. The first-order valence-corrected chi connectivity index (χ1v) is 9.18. The SMILES string of the molecule is Cl.Cl.O=C(C1Cc2ccccc2CN1)N1CCN(c2ccc(Cl)cc2)CC1. The number of piperazine rings is 1. The summed E-state index contributed by atoms with van der Waals surface area (Å²) in [6.07, 6.45) is 0.784. The number of hydrogen-bond donors (Lipinski definition) is 1. The highest BCUT2D eigenvalue weighted by atomic mass is 35.5. The van der Waals surface area contributed by atoms with Crippen LogP contribution >= 0.6 is 36.4 Å². The second-order valence-corrected chi connectivity index (χ2v) is 7.13. The van der Waals surface area contributed by atoms with Crippen LogP contribution in [0.25, 0.3) is 0 Å². The predicted molar refractivity (Wildman–Crippen MR) is 116 cm³/mol. The standard InChI is InChI=1S/C20H22ClN3O.2ClH/c21-17-5-7-18(8-6-17)23-9-11-24(12-10-23)20(25)19-13-15-3-1-2-4-16(15)14-22-19;;/h1-8,19,22H,9-14H2;2*1H. The first-order chi connectivity index (χ1) is 12.2. The number of hydrogen-bond acceptors (Lipinski definition) is 3. The van der Waals surface area contributed by atoms with E-state index < -0.39 is 0 Å². The van der Waals surface area contributed by atoms with Gasteiger partial charge in [0, 0.05) is 43.4 Å². The van der Waals surface area contributed by atoms with E-state index in [0.717, 1.165) is 44.2 Å². The van der Waals surface area contributed by atoms with Gasteiger partial charge in [0.1, 0.15) is 0 Å². The second-order valence-electron chi connectivity index (χ2n) is 6.70. The molecular formula is C20H24Cl3N3O. The number of carbonyl (C=O) groups excluding carboxylic acids is 1. The molecule has 2 aromatic carbocycles. The number of amides is 1. The molecule has 1 amide bonds. The van der Waals surface area contributed by atoms with Crippen LogP contribution in [0.1, 0.15) is 11.1 Å². The lowest BCUT2D eigenvalue weighted by Crippen LogP contribution is -2.55. The molecule has 1 fully saturated rings. The van der Waals surface area contributed by atoms with Crippen LogP contribution in [0.4, 0.5) is 5.69 Å². The van der Waals surface area contributed by atoms with E-state index in [2.05, 4.69) is 34.5 Å². The zero-order valence-corrected chi connectivity index (χ0v) is 17.3. The molecule has 2 aliphatic rings. The van der Waals surface area contributed by atoms with Crippen molar-refractivity contribution in [1.29, 1.82) is 0 Å². The summed E-state index contributed by atoms with van der Waals surface area (Å²) in [4.78, 5) is 17.2. The molecule has 0 radical (unpaired) electrons. The summed E-state index contributed by atoms with van der Waals surface area (Å²) in [5.41, 5.74) is 3.76. The van der Waals surface area contributed by atoms with E-state index in [0.29, 0.717) is 0 Å². The lowest BCUT2D eigenvalue weighted by molar-refractivity contribution is -0.134. The molecule has 1 N–H and O–H groups in total. The van der Waals surface area contributed by atoms with Gasteiger partial charge in [-0.1, -0.05) is 35.9 Å². The number of halogens is 3. The van der Waals surface area contributed by atoms with Gasteiger partial charge in [-0.3, -0.25) is 4.79 Å². The predicted octanol–water partition coefficient (Wildman–Crippen LogP) is 3.55. The van der Waals surface area contributed by atoms with Crippen molar-refractivity contribution in [2.45, 2.75) is 19.0 Å². The highest BCUT2D eigenvalue weighted by molar-refractivity contribution is 6.30. The molecule has 1 atom stereocenters. The van der Waals surface area contributed by atoms with E-state index in [-0.39, 0.29) is 36.8 Å². The third-order valence-corrected chi connectivity index (χ3v) is 5.41. The van der Waals surface area contributed by atoms with Gasteiger partial charge in [0.25, 0.3) is 0 Å². The number of anilines is 1. The van der Waals surface area contributed by atoms with Crippen LogP contribution in [-0.2, 0) is 17.8 Å². The first-order valence-electron chi connectivity index (χ1n) is 8.80. The summed E-state index contributed by atoms with van der Waals surface area (Å²) in [6, 6.07) is 16.2. The van der Waals surface area contributed by atoms with Gasteiger partial charge in [-0.2, -0.15) is 0 Å². The van der Waals surface area contributed by atoms with E-state index in [1.165, 1.54) is 16.8 Å². The Morgan fingerprint density at radius 3 is 2.22 bits per heavy atom. The summed E-state index contributed by atoms with van der Waals surface area (Å²) >= 11 is 5.96. The molecule has 1 unspecified atom stereocenters. The molecule has 0 aliphatic carbocycles. The van der Waals surface area contributed by atoms with Gasteiger partial charge >= 0.3 is 0 Å². The lowest BCUT2D eigenvalue weighted by Gasteiger charge is -2.38. The summed E-state index contributed by atoms with van der Waals surface area (Å²) in [5.74, 6) is 0.227. The van der Waals surface area contributed by atoms with Crippen LogP contribution in [0, 0.1) is 0 Å². The monoisotopic (exact) mass is 427 g/mol. The molecule has 146 valence electrons. The summed E-state index contributed by atoms with van der Waals surface area (Å²) < 4.78 is 0. The minimum atomic E-state index is -0.100. The number of carbonyl (C=O) groups is 1. The largest absolute Gasteiger partial charge is 0.368 e. The fourth-order valence-corrected chi connectivity index (χ4v) is 3.81. The van der Waals surface area contributed by atoms with Crippen LogP contribution < -0.4 is 10.2 Å². The Bertz CT molecular complexity index is 761. The third kappa shape index (κ3) is 4.88. The van der Waals surface area contributed by atoms with E-state index in [9.17, 15) is 4.79 Å². The fraction of sp³-hybridized carbons (Fsp3) is 0.350. The van der Waals surface area contributed by atoms with Crippen LogP contribution in [0.15, 0.2) is 48.5 Å².